The highest BCUT2D eigenvalue weighted by atomic mass is 127. The Morgan fingerprint density at radius 3 is 2.35 bits per heavy atom. The predicted octanol–water partition coefficient (Wildman–Crippen LogP) is 6.57. The van der Waals surface area contributed by atoms with E-state index in [0.29, 0.717) is 17.3 Å². The molecule has 0 spiro atoms. The van der Waals surface area contributed by atoms with Gasteiger partial charge in [-0.3, -0.25) is 14.5 Å². The molecule has 0 aromatic heterocycles. The van der Waals surface area contributed by atoms with E-state index in [1.807, 2.05) is 42.5 Å². The van der Waals surface area contributed by atoms with Crippen molar-refractivity contribution in [1.29, 1.82) is 0 Å². The molecule has 1 aliphatic rings. The zero-order chi connectivity index (χ0) is 24.2. The third kappa shape index (κ3) is 5.89. The number of amides is 2. The summed E-state index contributed by atoms with van der Waals surface area (Å²) < 4.78 is 7.65. The molecule has 0 atom stereocenters. The first kappa shape index (κ1) is 24.5. The van der Waals surface area contributed by atoms with E-state index in [9.17, 15) is 14.4 Å². The van der Waals surface area contributed by atoms with E-state index in [1.54, 1.807) is 30.3 Å². The van der Waals surface area contributed by atoms with E-state index in [2.05, 4.69) is 38.5 Å². The third-order valence-corrected chi connectivity index (χ3v) is 7.26. The summed E-state index contributed by atoms with van der Waals surface area (Å²) in [5.74, 6) is -0.606. The first-order valence-electron chi connectivity index (χ1n) is 10.0. The molecular weight excluding hydrogens is 633 g/mol. The second-order valence-electron chi connectivity index (χ2n) is 7.37. The summed E-state index contributed by atoms with van der Waals surface area (Å²) in [6.07, 6.45) is 1.71. The Labute approximate surface area is 222 Å². The van der Waals surface area contributed by atoms with Gasteiger partial charge in [0.15, 0.2) is 0 Å². The third-order valence-electron chi connectivity index (χ3n) is 4.98. The Hall–Kier alpha value is -2.63. The van der Waals surface area contributed by atoms with Crippen LogP contribution in [0, 0.1) is 3.57 Å². The molecule has 1 N–H and O–H groups in total. The van der Waals surface area contributed by atoms with Crippen LogP contribution in [-0.4, -0.2) is 27.1 Å². The van der Waals surface area contributed by atoms with Gasteiger partial charge in [0.1, 0.15) is 12.4 Å². The molecule has 0 unspecified atom stereocenters. The van der Waals surface area contributed by atoms with Gasteiger partial charge < -0.3 is 9.84 Å². The number of thioether (sulfide) groups is 1. The molecule has 4 rings (SSSR count). The second kappa shape index (κ2) is 10.7. The summed E-state index contributed by atoms with van der Waals surface area (Å²) in [5.41, 5.74) is 2.74. The Bertz CT molecular complexity index is 1290. The summed E-state index contributed by atoms with van der Waals surface area (Å²) in [6, 6.07) is 19.5. The average molecular weight is 650 g/mol. The Morgan fingerprint density at radius 2 is 1.71 bits per heavy atom. The summed E-state index contributed by atoms with van der Waals surface area (Å²) in [5, 5.41) is 8.70. The number of carbonyl (C=O) groups is 3. The van der Waals surface area contributed by atoms with Crippen LogP contribution in [0.15, 0.2) is 76.1 Å². The van der Waals surface area contributed by atoms with Crippen molar-refractivity contribution in [2.45, 2.75) is 13.2 Å². The fourth-order valence-corrected chi connectivity index (χ4v) is 4.99. The number of nitrogens with zero attached hydrogens (tertiary/aromatic N) is 1. The first-order chi connectivity index (χ1) is 16.3. The lowest BCUT2D eigenvalue weighted by atomic mass is 10.1. The summed E-state index contributed by atoms with van der Waals surface area (Å²) >= 11 is 6.47. The Balaban J connectivity index is 1.42. The van der Waals surface area contributed by atoms with E-state index in [4.69, 9.17) is 9.84 Å². The number of carbonyl (C=O) groups excluding carboxylic acids is 2. The largest absolute Gasteiger partial charge is 0.488 e. The number of rotatable bonds is 7. The lowest BCUT2D eigenvalue weighted by molar-refractivity contribution is -0.123. The monoisotopic (exact) mass is 649 g/mol. The molecule has 172 valence electrons. The van der Waals surface area contributed by atoms with Crippen LogP contribution in [0.25, 0.3) is 6.08 Å². The molecule has 0 aliphatic carbocycles. The van der Waals surface area contributed by atoms with Crippen molar-refractivity contribution < 1.29 is 24.2 Å². The number of ether oxygens (including phenoxy) is 1. The van der Waals surface area contributed by atoms with Crippen LogP contribution in [-0.2, 0) is 17.9 Å². The molecule has 2 amide bonds. The molecule has 34 heavy (non-hydrogen) atoms. The van der Waals surface area contributed by atoms with Crippen LogP contribution in [0.1, 0.15) is 27.0 Å². The van der Waals surface area contributed by atoms with Crippen LogP contribution in [0.4, 0.5) is 4.79 Å². The molecule has 3 aromatic rings. The molecule has 1 saturated heterocycles. The van der Waals surface area contributed by atoms with Gasteiger partial charge in [0.05, 0.1) is 20.6 Å². The van der Waals surface area contributed by atoms with Crippen LogP contribution >= 0.6 is 50.3 Å². The maximum atomic E-state index is 12.8. The van der Waals surface area contributed by atoms with E-state index in [0.717, 1.165) is 36.5 Å². The van der Waals surface area contributed by atoms with Crippen molar-refractivity contribution in [2.24, 2.45) is 0 Å². The predicted molar refractivity (Wildman–Crippen MR) is 143 cm³/mol. The van der Waals surface area contributed by atoms with Gasteiger partial charge in [0.2, 0.25) is 0 Å². The summed E-state index contributed by atoms with van der Waals surface area (Å²) in [7, 11) is 0. The number of hydrogen-bond acceptors (Lipinski definition) is 5. The normalized spacial score (nSPS) is 14.6. The van der Waals surface area contributed by atoms with Crippen LogP contribution in [0.3, 0.4) is 0 Å². The second-order valence-corrected chi connectivity index (χ2v) is 10.4. The van der Waals surface area contributed by atoms with Gasteiger partial charge in [-0.15, -0.1) is 0 Å². The number of carboxylic acids is 1. The van der Waals surface area contributed by atoms with Gasteiger partial charge in [-0.2, -0.15) is 0 Å². The van der Waals surface area contributed by atoms with Gasteiger partial charge in [-0.25, -0.2) is 4.79 Å². The molecule has 1 aliphatic heterocycles. The molecule has 0 saturated carbocycles. The zero-order valence-corrected chi connectivity index (χ0v) is 22.1. The average Bonchev–Trinajstić information content (AvgIpc) is 3.07. The highest BCUT2D eigenvalue weighted by Gasteiger charge is 2.35. The van der Waals surface area contributed by atoms with E-state index < -0.39 is 5.97 Å². The van der Waals surface area contributed by atoms with Crippen molar-refractivity contribution in [3.05, 3.63) is 102 Å². The maximum Gasteiger partial charge on any atom is 0.335 e. The molecule has 0 bridgehead atoms. The van der Waals surface area contributed by atoms with Gasteiger partial charge in [-0.1, -0.05) is 46.3 Å². The van der Waals surface area contributed by atoms with E-state index in [1.165, 1.54) is 4.90 Å². The highest BCUT2D eigenvalue weighted by molar-refractivity contribution is 14.1. The number of hydrogen-bond donors (Lipinski definition) is 1. The zero-order valence-electron chi connectivity index (χ0n) is 17.5. The van der Waals surface area contributed by atoms with Gasteiger partial charge in [0, 0.05) is 4.47 Å². The van der Waals surface area contributed by atoms with Crippen LogP contribution in [0.2, 0.25) is 0 Å². The molecule has 6 nitrogen and oxygen atoms in total. The summed E-state index contributed by atoms with van der Waals surface area (Å²) in [6.45, 7) is 0.525. The number of imide groups is 1. The van der Waals surface area contributed by atoms with E-state index >= 15 is 0 Å². The Kier molecular flexibility index (Phi) is 7.74. The standard InChI is InChI=1S/C25H17BrINO5S/c26-19-8-3-15(4-9-19)13-28-23(29)22(34-25(28)32)12-17-5-10-21(20(27)11-17)33-14-16-1-6-18(7-2-16)24(30)31/h1-12H,13-14H2,(H,30,31)/b22-12-. The smallest absolute Gasteiger partial charge is 0.335 e. The number of carboxylic acid groups (broad SMARTS) is 1. The van der Waals surface area contributed by atoms with Crippen molar-refractivity contribution >= 4 is 73.5 Å². The lowest BCUT2D eigenvalue weighted by Crippen LogP contribution is -2.27. The Morgan fingerprint density at radius 1 is 1.03 bits per heavy atom. The molecular formula is C25H17BrINO5S. The van der Waals surface area contributed by atoms with Gasteiger partial charge >= 0.3 is 5.97 Å². The van der Waals surface area contributed by atoms with E-state index in [-0.39, 0.29) is 23.3 Å². The minimum Gasteiger partial charge on any atom is -0.488 e. The number of benzene rings is 3. The fourth-order valence-electron chi connectivity index (χ4n) is 3.19. The molecule has 9 heteroatoms. The molecule has 0 radical (unpaired) electrons. The van der Waals surface area contributed by atoms with Crippen molar-refractivity contribution in [3.8, 4) is 5.75 Å². The summed E-state index contributed by atoms with van der Waals surface area (Å²) in [4.78, 5) is 37.8. The quantitative estimate of drug-likeness (QED) is 0.230. The van der Waals surface area contributed by atoms with Crippen molar-refractivity contribution in [2.75, 3.05) is 0 Å². The molecule has 1 fully saturated rings. The lowest BCUT2D eigenvalue weighted by Gasteiger charge is -2.12. The highest BCUT2D eigenvalue weighted by Crippen LogP contribution is 2.34. The molecule has 1 heterocycles. The fraction of sp³-hybridized carbons (Fsp3) is 0.0800. The van der Waals surface area contributed by atoms with Gasteiger partial charge in [0.25, 0.3) is 11.1 Å². The first-order valence-corrected chi connectivity index (χ1v) is 12.7. The molecule has 3 aromatic carbocycles. The van der Waals surface area contributed by atoms with Crippen LogP contribution in [0.5, 0.6) is 5.75 Å². The topological polar surface area (TPSA) is 83.9 Å². The number of halogens is 2. The number of aromatic carboxylic acids is 1. The van der Waals surface area contributed by atoms with Gasteiger partial charge in [-0.05, 0) is 93.5 Å². The van der Waals surface area contributed by atoms with Crippen LogP contribution < -0.4 is 4.74 Å². The SMILES string of the molecule is O=C(O)c1ccc(COc2ccc(/C=C3\SC(=O)N(Cc4ccc(Br)cc4)C3=O)cc2I)cc1. The minimum absolute atomic E-state index is 0.226. The van der Waals surface area contributed by atoms with Crippen molar-refractivity contribution in [1.82, 2.24) is 4.90 Å². The van der Waals surface area contributed by atoms with Crippen molar-refractivity contribution in [3.63, 3.8) is 0 Å². The minimum atomic E-state index is -0.969. The maximum absolute atomic E-state index is 12.8.